The molecule has 3 amide bonds. The van der Waals surface area contributed by atoms with Crippen molar-refractivity contribution in [1.29, 1.82) is 0 Å². The standard InChI is InChI=1S/C37H42F3N5O8S/c1-6-22-18-36(22,34(48)44-54(49,50)26-12-13-26)43-31(46)29-17-25(19-45(29)33(47)30(41)35(2,3)4)52-32-27-14-11-24(51-5)15-21(27)16-28(42-32)20-7-9-23(10-8-20)53-37(38,39)40/h6-11,14-16,22,25-26,29-30H,1,12-13,17-19,41H2,2-5H3,(H,43,46)(H,44,48)/t22-,25-,29+,30-,36-/m1/s1. The third-order valence-corrected chi connectivity index (χ3v) is 11.8. The molecule has 5 atom stereocenters. The monoisotopic (exact) mass is 773 g/mol. The summed E-state index contributed by atoms with van der Waals surface area (Å²) >= 11 is 0. The Morgan fingerprint density at radius 2 is 1.74 bits per heavy atom. The molecular weight excluding hydrogens is 731 g/mol. The van der Waals surface area contributed by atoms with Gasteiger partial charge in [-0.3, -0.25) is 19.1 Å². The molecule has 54 heavy (non-hydrogen) atoms. The van der Waals surface area contributed by atoms with E-state index >= 15 is 0 Å². The number of nitrogens with one attached hydrogen (secondary N) is 2. The molecule has 4 N–H and O–H groups in total. The smallest absolute Gasteiger partial charge is 0.497 e. The average Bonchev–Trinajstić information content (AvgIpc) is 4.03. The summed E-state index contributed by atoms with van der Waals surface area (Å²) in [7, 11) is -2.42. The minimum atomic E-state index is -4.86. The van der Waals surface area contributed by atoms with Gasteiger partial charge in [0.15, 0.2) is 0 Å². The first kappa shape index (κ1) is 38.8. The first-order chi connectivity index (χ1) is 25.2. The van der Waals surface area contributed by atoms with Crippen molar-refractivity contribution < 1.29 is 50.2 Å². The highest BCUT2D eigenvalue weighted by Crippen LogP contribution is 2.46. The first-order valence-corrected chi connectivity index (χ1v) is 18.9. The number of aromatic nitrogens is 1. The van der Waals surface area contributed by atoms with E-state index < -0.39 is 80.2 Å². The maximum Gasteiger partial charge on any atom is 0.573 e. The molecule has 17 heteroatoms. The Labute approximate surface area is 310 Å². The van der Waals surface area contributed by atoms with Crippen LogP contribution in [0.15, 0.2) is 61.2 Å². The topological polar surface area (TPSA) is 179 Å². The van der Waals surface area contributed by atoms with Crippen LogP contribution in [0.25, 0.3) is 22.0 Å². The zero-order valence-corrected chi connectivity index (χ0v) is 30.9. The predicted octanol–water partition coefficient (Wildman–Crippen LogP) is 4.20. The van der Waals surface area contributed by atoms with E-state index in [0.29, 0.717) is 40.6 Å². The Hall–Kier alpha value is -4.90. The zero-order chi connectivity index (χ0) is 39.4. The molecule has 2 heterocycles. The fourth-order valence-electron chi connectivity index (χ4n) is 6.50. The third kappa shape index (κ3) is 8.11. The lowest BCUT2D eigenvalue weighted by molar-refractivity contribution is -0.274. The molecule has 3 aromatic rings. The van der Waals surface area contributed by atoms with Gasteiger partial charge in [-0.15, -0.1) is 19.8 Å². The van der Waals surface area contributed by atoms with Gasteiger partial charge in [0.2, 0.25) is 27.7 Å². The number of carbonyl (C=O) groups excluding carboxylic acids is 3. The molecule has 1 aromatic heterocycles. The number of methoxy groups -OCH3 is 1. The number of ether oxygens (including phenoxy) is 3. The normalized spacial score (nSPS) is 23.3. The lowest BCUT2D eigenvalue weighted by atomic mass is 9.86. The third-order valence-electron chi connectivity index (χ3n) is 9.96. The van der Waals surface area contributed by atoms with Crippen molar-refractivity contribution in [2.24, 2.45) is 17.1 Å². The summed E-state index contributed by atoms with van der Waals surface area (Å²) in [5, 5.41) is 3.25. The molecule has 2 aliphatic carbocycles. The van der Waals surface area contributed by atoms with E-state index in [1.165, 1.54) is 30.2 Å². The minimum Gasteiger partial charge on any atom is -0.497 e. The second-order valence-corrected chi connectivity index (χ2v) is 16.9. The minimum absolute atomic E-state index is 0.0434. The largest absolute Gasteiger partial charge is 0.573 e. The van der Waals surface area contributed by atoms with Crippen LogP contribution in [0, 0.1) is 11.3 Å². The van der Waals surface area contributed by atoms with Gasteiger partial charge in [0.1, 0.15) is 29.2 Å². The molecular formula is C37H42F3N5O8S. The number of hydrogen-bond acceptors (Lipinski definition) is 10. The molecule has 290 valence electrons. The van der Waals surface area contributed by atoms with Crippen LogP contribution in [0.1, 0.15) is 46.5 Å². The van der Waals surface area contributed by atoms with Gasteiger partial charge >= 0.3 is 6.36 Å². The van der Waals surface area contributed by atoms with Gasteiger partial charge in [-0.05, 0) is 78.6 Å². The summed E-state index contributed by atoms with van der Waals surface area (Å²) in [5.74, 6) is -2.42. The highest BCUT2D eigenvalue weighted by atomic mass is 32.2. The molecule has 2 saturated carbocycles. The Morgan fingerprint density at radius 3 is 2.31 bits per heavy atom. The van der Waals surface area contributed by atoms with Gasteiger partial charge in [-0.2, -0.15) is 0 Å². The quantitative estimate of drug-likeness (QED) is 0.226. The predicted molar refractivity (Wildman–Crippen MR) is 192 cm³/mol. The van der Waals surface area contributed by atoms with Crippen molar-refractivity contribution in [2.45, 2.75) is 81.8 Å². The van der Waals surface area contributed by atoms with Crippen LogP contribution in [0.3, 0.4) is 0 Å². The van der Waals surface area contributed by atoms with Crippen molar-refractivity contribution in [3.63, 3.8) is 0 Å². The summed E-state index contributed by atoms with van der Waals surface area (Å²) < 4.78 is 81.6. The Balaban J connectivity index is 1.31. The number of pyridine rings is 1. The van der Waals surface area contributed by atoms with Gasteiger partial charge in [0, 0.05) is 23.3 Å². The van der Waals surface area contributed by atoms with Crippen molar-refractivity contribution >= 4 is 38.5 Å². The fraction of sp³-hybridized carbons (Fsp3) is 0.459. The van der Waals surface area contributed by atoms with E-state index in [2.05, 4.69) is 21.4 Å². The SMILES string of the molecule is C=C[C@@H]1C[C@]1(NC(=O)[C@@H]1C[C@@H](Oc2nc(-c3ccc(OC(F)(F)F)cc3)cc3cc(OC)ccc23)CN1C(=O)[C@@H](N)C(C)(C)C)C(=O)NS(=O)(=O)C1CC1. The maximum absolute atomic E-state index is 14.1. The number of nitrogens with two attached hydrogens (primary N) is 1. The molecule has 1 aliphatic heterocycles. The van der Waals surface area contributed by atoms with Gasteiger partial charge in [-0.25, -0.2) is 13.4 Å². The van der Waals surface area contributed by atoms with Crippen molar-refractivity contribution in [1.82, 2.24) is 19.9 Å². The number of alkyl halides is 3. The molecule has 6 rings (SSSR count). The number of likely N-dealkylation sites (tertiary alicyclic amines) is 1. The number of carbonyl (C=O) groups is 3. The van der Waals surface area contributed by atoms with E-state index in [4.69, 9.17) is 20.2 Å². The van der Waals surface area contributed by atoms with Crippen molar-refractivity contribution in [3.05, 3.63) is 61.2 Å². The lowest BCUT2D eigenvalue weighted by Crippen LogP contribution is -2.59. The molecule has 0 unspecified atom stereocenters. The summed E-state index contributed by atoms with van der Waals surface area (Å²) in [4.78, 5) is 47.5. The van der Waals surface area contributed by atoms with E-state index in [0.717, 1.165) is 12.1 Å². The Kier molecular flexibility index (Phi) is 10.1. The van der Waals surface area contributed by atoms with Gasteiger partial charge in [0.25, 0.3) is 5.91 Å². The number of sulfonamides is 1. The van der Waals surface area contributed by atoms with Crippen LogP contribution in [0.4, 0.5) is 13.2 Å². The van der Waals surface area contributed by atoms with E-state index in [1.807, 2.05) is 0 Å². The van der Waals surface area contributed by atoms with Gasteiger partial charge < -0.3 is 30.2 Å². The van der Waals surface area contributed by atoms with E-state index in [1.54, 1.807) is 45.0 Å². The van der Waals surface area contributed by atoms with Crippen LogP contribution < -0.4 is 30.0 Å². The van der Waals surface area contributed by atoms with Crippen molar-refractivity contribution in [3.8, 4) is 28.6 Å². The van der Waals surface area contributed by atoms with Crippen LogP contribution in [0.2, 0.25) is 0 Å². The first-order valence-electron chi connectivity index (χ1n) is 17.3. The van der Waals surface area contributed by atoms with Crippen LogP contribution >= 0.6 is 0 Å². The number of fused-ring (bicyclic) bond motifs is 1. The molecule has 13 nitrogen and oxygen atoms in total. The molecule has 3 aliphatic rings. The highest BCUT2D eigenvalue weighted by molar-refractivity contribution is 7.91. The van der Waals surface area contributed by atoms with E-state index in [9.17, 15) is 36.0 Å². The molecule has 0 spiro atoms. The van der Waals surface area contributed by atoms with Gasteiger partial charge in [0.05, 0.1) is 30.6 Å². The summed E-state index contributed by atoms with van der Waals surface area (Å²) in [5.41, 5.74) is 4.92. The number of hydrogen-bond donors (Lipinski definition) is 3. The van der Waals surface area contributed by atoms with Gasteiger partial charge in [-0.1, -0.05) is 26.8 Å². The number of nitrogens with zero attached hydrogens (tertiary/aromatic N) is 2. The number of benzene rings is 2. The van der Waals surface area contributed by atoms with E-state index in [-0.39, 0.29) is 25.3 Å². The summed E-state index contributed by atoms with van der Waals surface area (Å²) in [6.07, 6.45) is -3.27. The van der Waals surface area contributed by atoms with Crippen LogP contribution in [0.5, 0.6) is 17.4 Å². The summed E-state index contributed by atoms with van der Waals surface area (Å²) in [6, 6.07) is 9.84. The van der Waals surface area contributed by atoms with Crippen LogP contribution in [-0.4, -0.2) is 85.0 Å². The molecule has 1 saturated heterocycles. The maximum atomic E-state index is 14.1. The average molecular weight is 774 g/mol. The molecule has 2 aromatic carbocycles. The highest BCUT2D eigenvalue weighted by Gasteiger charge is 2.62. The molecule has 0 bridgehead atoms. The van der Waals surface area contributed by atoms with Crippen molar-refractivity contribution in [2.75, 3.05) is 13.7 Å². The number of halogens is 3. The zero-order valence-electron chi connectivity index (χ0n) is 30.1. The number of amides is 3. The molecule has 0 radical (unpaired) electrons. The Morgan fingerprint density at radius 1 is 1.07 bits per heavy atom. The lowest BCUT2D eigenvalue weighted by Gasteiger charge is -2.33. The van der Waals surface area contributed by atoms with Crippen LogP contribution in [-0.2, 0) is 24.4 Å². The molecule has 3 fully saturated rings. The number of rotatable bonds is 12. The second-order valence-electron chi connectivity index (χ2n) is 15.0. The summed E-state index contributed by atoms with van der Waals surface area (Å²) in [6.45, 7) is 8.99. The second kappa shape index (κ2) is 14.1. The fourth-order valence-corrected chi connectivity index (χ4v) is 7.86. The Bertz CT molecular complexity index is 2090.